The average molecular weight is 354 g/mol. The monoisotopic (exact) mass is 354 g/mol. The number of unbranched alkanes of at least 4 members (excludes halogenated alkanes) is 1. The number of amidine groups is 2. The summed E-state index contributed by atoms with van der Waals surface area (Å²) in [5.74, 6) is 0.187. The minimum Gasteiger partial charge on any atom is -0.282 e. The van der Waals surface area contributed by atoms with Crippen LogP contribution in [0.5, 0.6) is 0 Å². The number of carbonyl (C=O) groups excluding carboxylic acids is 1. The van der Waals surface area contributed by atoms with Gasteiger partial charge in [-0.25, -0.2) is 0 Å². The first-order valence-corrected chi connectivity index (χ1v) is 9.40. The van der Waals surface area contributed by atoms with Gasteiger partial charge < -0.3 is 0 Å². The molecular weight excluding hydrogens is 332 g/mol. The topological polar surface area (TPSA) is 68.9 Å². The summed E-state index contributed by atoms with van der Waals surface area (Å²) in [5, 5.41) is 15.7. The molecule has 0 bridgehead atoms. The number of carbonyl (C=O) groups is 1. The van der Waals surface area contributed by atoms with Crippen molar-refractivity contribution in [2.24, 2.45) is 10.1 Å². The van der Waals surface area contributed by atoms with Gasteiger partial charge in [-0.2, -0.15) is 15.1 Å². The van der Waals surface area contributed by atoms with Crippen LogP contribution in [0, 0.1) is 5.41 Å². The zero-order valence-electron chi connectivity index (χ0n) is 14.7. The van der Waals surface area contributed by atoms with Gasteiger partial charge in [0.05, 0.1) is 5.57 Å². The number of hydrazone groups is 1. The van der Waals surface area contributed by atoms with Gasteiger partial charge >= 0.3 is 0 Å². The van der Waals surface area contributed by atoms with Crippen LogP contribution >= 0.6 is 11.8 Å². The molecule has 1 aromatic rings. The molecule has 2 aliphatic heterocycles. The smallest absolute Gasteiger partial charge is 0.282 e. The van der Waals surface area contributed by atoms with Crippen molar-refractivity contribution in [1.82, 2.24) is 5.01 Å². The normalized spacial score (nSPS) is 18.7. The molecule has 130 valence electrons. The molecule has 0 unspecified atom stereocenters. The number of benzene rings is 1. The van der Waals surface area contributed by atoms with Crippen molar-refractivity contribution in [3.8, 4) is 0 Å². The van der Waals surface area contributed by atoms with Crippen molar-refractivity contribution in [3.05, 3.63) is 41.0 Å². The Morgan fingerprint density at radius 2 is 2.00 bits per heavy atom. The molecule has 5 nitrogen and oxygen atoms in total. The minimum absolute atomic E-state index is 0.0990. The predicted octanol–water partition coefficient (Wildman–Crippen LogP) is 4.62. The molecule has 0 aliphatic carbocycles. The lowest BCUT2D eigenvalue weighted by atomic mass is 10.0. The Hall–Kier alpha value is -2.21. The van der Waals surface area contributed by atoms with E-state index in [1.165, 1.54) is 22.3 Å². The summed E-state index contributed by atoms with van der Waals surface area (Å²) >= 11 is 1.39. The molecule has 2 heterocycles. The van der Waals surface area contributed by atoms with E-state index in [9.17, 15) is 4.79 Å². The SMILES string of the molecule is CCCCC1=NN2C(=N)/C(=C/c3ccc(C(C)C)cc3)C(=O)N=C2S1. The molecule has 2 aliphatic rings. The van der Waals surface area contributed by atoms with Crippen LogP contribution in [0.15, 0.2) is 39.9 Å². The third kappa shape index (κ3) is 3.74. The summed E-state index contributed by atoms with van der Waals surface area (Å²) in [7, 11) is 0. The molecule has 3 rings (SSSR count). The van der Waals surface area contributed by atoms with Crippen molar-refractivity contribution in [2.75, 3.05) is 0 Å². The molecule has 0 aromatic heterocycles. The van der Waals surface area contributed by atoms with Gasteiger partial charge in [-0.15, -0.1) is 0 Å². The number of hydrogen-bond donors (Lipinski definition) is 1. The van der Waals surface area contributed by atoms with Crippen LogP contribution in [0.1, 0.15) is 57.1 Å². The Balaban J connectivity index is 1.85. The highest BCUT2D eigenvalue weighted by Gasteiger charge is 2.35. The fourth-order valence-corrected chi connectivity index (χ4v) is 3.53. The third-order valence-corrected chi connectivity index (χ3v) is 5.12. The van der Waals surface area contributed by atoms with Crippen molar-refractivity contribution in [2.45, 2.75) is 46.0 Å². The number of rotatable bonds is 5. The van der Waals surface area contributed by atoms with E-state index in [1.54, 1.807) is 6.08 Å². The molecule has 6 heteroatoms. The molecular formula is C19H22N4OS. The maximum Gasteiger partial charge on any atom is 0.283 e. The van der Waals surface area contributed by atoms with E-state index >= 15 is 0 Å². The van der Waals surface area contributed by atoms with Crippen LogP contribution in [-0.2, 0) is 4.79 Å². The van der Waals surface area contributed by atoms with E-state index in [1.807, 2.05) is 12.1 Å². The zero-order chi connectivity index (χ0) is 18.0. The maximum atomic E-state index is 12.4. The second-order valence-corrected chi connectivity index (χ2v) is 7.48. The Bertz CT molecular complexity index is 790. The predicted molar refractivity (Wildman–Crippen MR) is 105 cm³/mol. The van der Waals surface area contributed by atoms with E-state index in [4.69, 9.17) is 5.41 Å². The molecule has 25 heavy (non-hydrogen) atoms. The first-order chi connectivity index (χ1) is 12.0. The summed E-state index contributed by atoms with van der Waals surface area (Å²) in [4.78, 5) is 16.5. The summed E-state index contributed by atoms with van der Waals surface area (Å²) < 4.78 is 0. The lowest BCUT2D eigenvalue weighted by Gasteiger charge is -2.20. The third-order valence-electron chi connectivity index (χ3n) is 4.15. The van der Waals surface area contributed by atoms with Crippen molar-refractivity contribution < 1.29 is 4.79 Å². The number of aliphatic imine (C=N–C) groups is 1. The summed E-state index contributed by atoms with van der Waals surface area (Å²) in [6.45, 7) is 6.41. The summed E-state index contributed by atoms with van der Waals surface area (Å²) in [6.07, 6.45) is 4.70. The summed E-state index contributed by atoms with van der Waals surface area (Å²) in [6, 6.07) is 8.04. The lowest BCUT2D eigenvalue weighted by molar-refractivity contribution is -0.114. The van der Waals surface area contributed by atoms with Crippen LogP contribution in [0.3, 0.4) is 0 Å². The van der Waals surface area contributed by atoms with Gasteiger partial charge in [-0.1, -0.05) is 51.5 Å². The minimum atomic E-state index is -0.372. The summed E-state index contributed by atoms with van der Waals surface area (Å²) in [5.41, 5.74) is 2.41. The van der Waals surface area contributed by atoms with Crippen LogP contribution in [-0.4, -0.2) is 27.0 Å². The van der Waals surface area contributed by atoms with Gasteiger partial charge in [0.15, 0.2) is 5.84 Å². The number of thioether (sulfide) groups is 1. The standard InChI is InChI=1S/C19H22N4OS/c1-4-5-6-16-22-23-17(20)15(18(24)21-19(23)25-16)11-13-7-9-14(10-8-13)12(2)3/h7-12,20H,4-6H2,1-3H3/b15-11-,20-17?. The van der Waals surface area contributed by atoms with Crippen LogP contribution in [0.25, 0.3) is 6.08 Å². The van der Waals surface area contributed by atoms with E-state index in [2.05, 4.69) is 43.0 Å². The first-order valence-electron chi connectivity index (χ1n) is 8.58. The van der Waals surface area contributed by atoms with Gasteiger partial charge in [0.1, 0.15) is 5.04 Å². The Morgan fingerprint density at radius 3 is 2.64 bits per heavy atom. The molecule has 0 fully saturated rings. The van der Waals surface area contributed by atoms with Crippen LogP contribution in [0.4, 0.5) is 0 Å². The van der Waals surface area contributed by atoms with Gasteiger partial charge in [-0.05, 0) is 47.7 Å². The highest BCUT2D eigenvalue weighted by Crippen LogP contribution is 2.30. The fourth-order valence-electron chi connectivity index (χ4n) is 2.60. The maximum absolute atomic E-state index is 12.4. The number of fused-ring (bicyclic) bond motifs is 1. The molecule has 0 atom stereocenters. The van der Waals surface area contributed by atoms with Gasteiger partial charge in [0.25, 0.3) is 5.91 Å². The lowest BCUT2D eigenvalue weighted by Crippen LogP contribution is -2.35. The molecule has 1 N–H and O–H groups in total. The molecule has 0 radical (unpaired) electrons. The molecule has 0 saturated carbocycles. The Kier molecular flexibility index (Phi) is 5.18. The molecule has 0 spiro atoms. The van der Waals surface area contributed by atoms with E-state index in [0.29, 0.717) is 11.1 Å². The number of nitrogens with one attached hydrogen (secondary N) is 1. The highest BCUT2D eigenvalue weighted by atomic mass is 32.2. The van der Waals surface area contributed by atoms with E-state index < -0.39 is 0 Å². The molecule has 0 saturated heterocycles. The van der Waals surface area contributed by atoms with Gasteiger partial charge in [-0.3, -0.25) is 10.2 Å². The Morgan fingerprint density at radius 1 is 1.28 bits per heavy atom. The second kappa shape index (κ2) is 7.35. The highest BCUT2D eigenvalue weighted by molar-refractivity contribution is 8.26. The molecule has 1 aromatic carbocycles. The molecule has 1 amide bonds. The van der Waals surface area contributed by atoms with Crippen LogP contribution in [0.2, 0.25) is 0 Å². The van der Waals surface area contributed by atoms with E-state index in [-0.39, 0.29) is 17.3 Å². The Labute approximate surface area is 152 Å². The quantitative estimate of drug-likeness (QED) is 0.785. The number of amides is 1. The number of nitrogens with zero attached hydrogens (tertiary/aromatic N) is 3. The van der Waals surface area contributed by atoms with E-state index in [0.717, 1.165) is 29.9 Å². The van der Waals surface area contributed by atoms with Crippen molar-refractivity contribution in [3.63, 3.8) is 0 Å². The number of hydrogen-bond acceptors (Lipinski definition) is 4. The first kappa shape index (κ1) is 17.6. The van der Waals surface area contributed by atoms with Crippen molar-refractivity contribution >= 4 is 39.8 Å². The van der Waals surface area contributed by atoms with Gasteiger partial charge in [0, 0.05) is 0 Å². The average Bonchev–Trinajstić information content (AvgIpc) is 3.00. The largest absolute Gasteiger partial charge is 0.283 e. The second-order valence-electron chi connectivity index (χ2n) is 6.44. The zero-order valence-corrected chi connectivity index (χ0v) is 15.6. The van der Waals surface area contributed by atoms with Gasteiger partial charge in [0.2, 0.25) is 5.17 Å². The van der Waals surface area contributed by atoms with Crippen molar-refractivity contribution in [1.29, 1.82) is 5.41 Å². The fraction of sp³-hybridized carbons (Fsp3) is 0.368. The van der Waals surface area contributed by atoms with Crippen LogP contribution < -0.4 is 0 Å².